The highest BCUT2D eigenvalue weighted by molar-refractivity contribution is 5.77. The lowest BCUT2D eigenvalue weighted by Gasteiger charge is -2.13. The summed E-state index contributed by atoms with van der Waals surface area (Å²) in [5, 5.41) is 29.3. The molecule has 0 aliphatic carbocycles. The van der Waals surface area contributed by atoms with E-state index >= 15 is 0 Å². The van der Waals surface area contributed by atoms with Gasteiger partial charge in [-0.2, -0.15) is 0 Å². The van der Waals surface area contributed by atoms with Crippen molar-refractivity contribution in [3.05, 3.63) is 41.5 Å². The fraction of sp³-hybridized carbons (Fsp3) is 0.250. The van der Waals surface area contributed by atoms with Crippen LogP contribution in [-0.4, -0.2) is 15.3 Å². The van der Waals surface area contributed by atoms with Gasteiger partial charge in [0.2, 0.25) is 0 Å². The van der Waals surface area contributed by atoms with Crippen molar-refractivity contribution < 1.29 is 15.3 Å². The molecule has 0 atom stereocenters. The average molecular weight is 258 g/mol. The Morgan fingerprint density at radius 3 is 1.89 bits per heavy atom. The van der Waals surface area contributed by atoms with Gasteiger partial charge in [0.25, 0.3) is 0 Å². The van der Waals surface area contributed by atoms with Crippen LogP contribution in [0, 0.1) is 0 Å². The maximum atomic E-state index is 10.1. The Morgan fingerprint density at radius 1 is 0.737 bits per heavy atom. The van der Waals surface area contributed by atoms with Crippen LogP contribution in [0.25, 0.3) is 11.1 Å². The van der Waals surface area contributed by atoms with Gasteiger partial charge >= 0.3 is 0 Å². The second-order valence-electron chi connectivity index (χ2n) is 4.55. The summed E-state index contributed by atoms with van der Waals surface area (Å²) >= 11 is 0. The van der Waals surface area contributed by atoms with Crippen LogP contribution in [0.2, 0.25) is 0 Å². The van der Waals surface area contributed by atoms with E-state index in [0.717, 1.165) is 24.0 Å². The Labute approximate surface area is 112 Å². The number of hydrogen-bond donors (Lipinski definition) is 3. The van der Waals surface area contributed by atoms with E-state index in [-0.39, 0.29) is 17.2 Å². The van der Waals surface area contributed by atoms with Gasteiger partial charge in [0.1, 0.15) is 17.2 Å². The minimum absolute atomic E-state index is 0.00151. The quantitative estimate of drug-likeness (QED) is 0.788. The van der Waals surface area contributed by atoms with Gasteiger partial charge in [-0.05, 0) is 48.2 Å². The first-order valence-corrected chi connectivity index (χ1v) is 6.43. The molecule has 0 bridgehead atoms. The Kier molecular flexibility index (Phi) is 3.65. The van der Waals surface area contributed by atoms with Gasteiger partial charge in [0.05, 0.1) is 0 Å². The predicted molar refractivity (Wildman–Crippen MR) is 75.6 cm³/mol. The molecule has 0 fully saturated rings. The van der Waals surface area contributed by atoms with Crippen LogP contribution in [0.4, 0.5) is 0 Å². The zero-order chi connectivity index (χ0) is 14.0. The lowest BCUT2D eigenvalue weighted by Crippen LogP contribution is -1.93. The maximum absolute atomic E-state index is 10.1. The molecule has 100 valence electrons. The van der Waals surface area contributed by atoms with E-state index in [2.05, 4.69) is 6.92 Å². The summed E-state index contributed by atoms with van der Waals surface area (Å²) in [5.41, 5.74) is 3.38. The van der Waals surface area contributed by atoms with Crippen molar-refractivity contribution in [2.24, 2.45) is 0 Å². The second kappa shape index (κ2) is 5.22. The molecule has 3 heteroatoms. The third kappa shape index (κ3) is 2.50. The number of phenolic OH excluding ortho intramolecular Hbond substituents is 3. The van der Waals surface area contributed by atoms with Crippen LogP contribution in [0.5, 0.6) is 17.2 Å². The first-order valence-electron chi connectivity index (χ1n) is 6.43. The summed E-state index contributed by atoms with van der Waals surface area (Å²) in [4.78, 5) is 0. The van der Waals surface area contributed by atoms with E-state index in [9.17, 15) is 15.3 Å². The van der Waals surface area contributed by atoms with Crippen molar-refractivity contribution in [2.75, 3.05) is 0 Å². The molecule has 19 heavy (non-hydrogen) atoms. The van der Waals surface area contributed by atoms with Crippen molar-refractivity contribution in [1.82, 2.24) is 0 Å². The van der Waals surface area contributed by atoms with Crippen LogP contribution in [0.15, 0.2) is 30.3 Å². The highest BCUT2D eigenvalue weighted by Gasteiger charge is 2.12. The van der Waals surface area contributed by atoms with E-state index < -0.39 is 0 Å². The normalized spacial score (nSPS) is 10.6. The zero-order valence-electron chi connectivity index (χ0n) is 11.1. The Morgan fingerprint density at radius 2 is 1.32 bits per heavy atom. The lowest BCUT2D eigenvalue weighted by atomic mass is 9.95. The molecule has 0 heterocycles. The molecule has 2 aromatic carbocycles. The average Bonchev–Trinajstić information content (AvgIpc) is 2.39. The molecule has 2 rings (SSSR count). The predicted octanol–water partition coefficient (Wildman–Crippen LogP) is 3.60. The maximum Gasteiger partial charge on any atom is 0.127 e. The molecule has 3 nitrogen and oxygen atoms in total. The third-order valence-electron chi connectivity index (χ3n) is 3.35. The van der Waals surface area contributed by atoms with E-state index in [1.54, 1.807) is 12.1 Å². The lowest BCUT2D eigenvalue weighted by molar-refractivity contribution is 0.450. The van der Waals surface area contributed by atoms with Gasteiger partial charge in [-0.1, -0.05) is 13.8 Å². The van der Waals surface area contributed by atoms with Crippen molar-refractivity contribution in [1.29, 1.82) is 0 Å². The van der Waals surface area contributed by atoms with E-state index in [0.29, 0.717) is 11.1 Å². The molecule has 0 aromatic heterocycles. The first kappa shape index (κ1) is 13.3. The number of aryl methyl sites for hydroxylation is 2. The zero-order valence-corrected chi connectivity index (χ0v) is 11.1. The van der Waals surface area contributed by atoms with Gasteiger partial charge < -0.3 is 15.3 Å². The number of hydrogen-bond acceptors (Lipinski definition) is 3. The molecular formula is C16H18O3. The van der Waals surface area contributed by atoms with Crippen molar-refractivity contribution in [3.63, 3.8) is 0 Å². The smallest absolute Gasteiger partial charge is 0.127 e. The van der Waals surface area contributed by atoms with Crippen LogP contribution in [-0.2, 0) is 12.8 Å². The van der Waals surface area contributed by atoms with Crippen LogP contribution >= 0.6 is 0 Å². The van der Waals surface area contributed by atoms with Gasteiger partial charge in [-0.3, -0.25) is 0 Å². The summed E-state index contributed by atoms with van der Waals surface area (Å²) in [6, 6.07) is 8.02. The summed E-state index contributed by atoms with van der Waals surface area (Å²) in [6.45, 7) is 4.11. The van der Waals surface area contributed by atoms with Crippen LogP contribution < -0.4 is 0 Å². The standard InChI is InChI=1S/C16H18O3/c1-3-10-7-14(15(18)8-11(10)4-2)13-6-5-12(17)9-16(13)19/h5-9,17-19H,3-4H2,1-2H3. The highest BCUT2D eigenvalue weighted by atomic mass is 16.3. The monoisotopic (exact) mass is 258 g/mol. The fourth-order valence-electron chi connectivity index (χ4n) is 2.30. The number of rotatable bonds is 3. The molecule has 0 unspecified atom stereocenters. The van der Waals surface area contributed by atoms with Gasteiger partial charge in [0, 0.05) is 17.2 Å². The summed E-state index contributed by atoms with van der Waals surface area (Å²) in [5.74, 6) is 0.110. The second-order valence-corrected chi connectivity index (χ2v) is 4.55. The number of phenols is 3. The molecule has 0 aliphatic rings. The van der Waals surface area contributed by atoms with Gasteiger partial charge in [-0.25, -0.2) is 0 Å². The molecule has 0 saturated heterocycles. The SMILES string of the molecule is CCc1cc(O)c(-c2ccc(O)cc2O)cc1CC. The van der Waals surface area contributed by atoms with Gasteiger partial charge in [0.15, 0.2) is 0 Å². The van der Waals surface area contributed by atoms with E-state index in [1.165, 1.54) is 12.1 Å². The molecule has 0 radical (unpaired) electrons. The molecule has 0 amide bonds. The van der Waals surface area contributed by atoms with Crippen LogP contribution in [0.3, 0.4) is 0 Å². The minimum Gasteiger partial charge on any atom is -0.508 e. The molecule has 0 spiro atoms. The number of aromatic hydroxyl groups is 3. The Bertz CT molecular complexity index is 603. The topological polar surface area (TPSA) is 60.7 Å². The van der Waals surface area contributed by atoms with Crippen LogP contribution in [0.1, 0.15) is 25.0 Å². The van der Waals surface area contributed by atoms with E-state index in [1.807, 2.05) is 13.0 Å². The summed E-state index contributed by atoms with van der Waals surface area (Å²) in [6.07, 6.45) is 1.73. The Balaban J connectivity index is 2.61. The van der Waals surface area contributed by atoms with Crippen molar-refractivity contribution in [2.45, 2.75) is 26.7 Å². The molecule has 3 N–H and O–H groups in total. The Hall–Kier alpha value is -2.16. The molecule has 0 aliphatic heterocycles. The number of benzene rings is 2. The first-order chi connectivity index (χ1) is 9.06. The van der Waals surface area contributed by atoms with Crippen molar-refractivity contribution in [3.8, 4) is 28.4 Å². The fourth-order valence-corrected chi connectivity index (χ4v) is 2.30. The minimum atomic E-state index is -0.0402. The summed E-state index contributed by atoms with van der Waals surface area (Å²) < 4.78 is 0. The molecule has 2 aromatic rings. The molecule has 0 saturated carbocycles. The highest BCUT2D eigenvalue weighted by Crippen LogP contribution is 2.38. The third-order valence-corrected chi connectivity index (χ3v) is 3.35. The largest absolute Gasteiger partial charge is 0.508 e. The molecular weight excluding hydrogens is 240 g/mol. The summed E-state index contributed by atoms with van der Waals surface area (Å²) in [7, 11) is 0. The van der Waals surface area contributed by atoms with Gasteiger partial charge in [-0.15, -0.1) is 0 Å². The van der Waals surface area contributed by atoms with Crippen molar-refractivity contribution >= 4 is 0 Å². The van der Waals surface area contributed by atoms with E-state index in [4.69, 9.17) is 0 Å².